The van der Waals surface area contributed by atoms with Crippen LogP contribution in [0.4, 0.5) is 4.79 Å². The van der Waals surface area contributed by atoms with E-state index >= 15 is 0 Å². The molecule has 0 unspecified atom stereocenters. The van der Waals surface area contributed by atoms with Gasteiger partial charge in [0.05, 0.1) is 6.61 Å². The molecule has 0 aliphatic heterocycles. The molecule has 0 bridgehead atoms. The summed E-state index contributed by atoms with van der Waals surface area (Å²) < 4.78 is 5.09. The number of nitrogens with zero attached hydrogens (tertiary/aromatic N) is 1. The van der Waals surface area contributed by atoms with Gasteiger partial charge < -0.3 is 15.6 Å². The van der Waals surface area contributed by atoms with Gasteiger partial charge in [0.1, 0.15) is 11.6 Å². The molecule has 16 heavy (non-hydrogen) atoms. The van der Waals surface area contributed by atoms with Crippen molar-refractivity contribution in [2.75, 3.05) is 13.2 Å². The number of amides is 2. The standard InChI is InChI=1S/C10H20N2O4/c1-7(8(11)14)12(5-6-13)9(15)16-10(2,3)4/h7,13H,5-6H2,1-4H3,(H2,11,14)/t7-/m0/s1. The van der Waals surface area contributed by atoms with Crippen molar-refractivity contribution >= 4 is 12.0 Å². The second-order valence-electron chi connectivity index (χ2n) is 4.48. The number of aliphatic hydroxyl groups excluding tert-OH is 1. The average Bonchev–Trinajstić information content (AvgIpc) is 2.09. The van der Waals surface area contributed by atoms with Crippen LogP contribution in [0.2, 0.25) is 0 Å². The Morgan fingerprint density at radius 1 is 1.44 bits per heavy atom. The van der Waals surface area contributed by atoms with E-state index in [4.69, 9.17) is 15.6 Å². The normalized spacial score (nSPS) is 13.1. The van der Waals surface area contributed by atoms with Crippen LogP contribution in [0, 0.1) is 0 Å². The summed E-state index contributed by atoms with van der Waals surface area (Å²) in [5.41, 5.74) is 4.45. The molecule has 0 aromatic heterocycles. The molecule has 6 heteroatoms. The van der Waals surface area contributed by atoms with Crippen molar-refractivity contribution < 1.29 is 19.4 Å². The number of carbonyl (C=O) groups excluding carboxylic acids is 2. The molecule has 0 spiro atoms. The van der Waals surface area contributed by atoms with Gasteiger partial charge in [-0.2, -0.15) is 0 Å². The molecule has 0 fully saturated rings. The van der Waals surface area contributed by atoms with Gasteiger partial charge in [0, 0.05) is 6.54 Å². The first-order valence-corrected chi connectivity index (χ1v) is 5.09. The van der Waals surface area contributed by atoms with Crippen LogP contribution >= 0.6 is 0 Å². The minimum absolute atomic E-state index is 0.0129. The Labute approximate surface area is 95.4 Å². The van der Waals surface area contributed by atoms with Gasteiger partial charge in [0.2, 0.25) is 5.91 Å². The number of rotatable bonds is 4. The number of hydrogen-bond acceptors (Lipinski definition) is 4. The first kappa shape index (κ1) is 14.7. The van der Waals surface area contributed by atoms with Crippen LogP contribution in [0.1, 0.15) is 27.7 Å². The predicted molar refractivity (Wildman–Crippen MR) is 58.7 cm³/mol. The van der Waals surface area contributed by atoms with Crippen molar-refractivity contribution in [3.8, 4) is 0 Å². The fraction of sp³-hybridized carbons (Fsp3) is 0.800. The molecule has 2 amide bonds. The van der Waals surface area contributed by atoms with Crippen LogP contribution in [-0.2, 0) is 9.53 Å². The van der Waals surface area contributed by atoms with E-state index in [1.54, 1.807) is 20.8 Å². The van der Waals surface area contributed by atoms with Gasteiger partial charge >= 0.3 is 6.09 Å². The molecule has 6 nitrogen and oxygen atoms in total. The van der Waals surface area contributed by atoms with E-state index in [0.29, 0.717) is 0 Å². The lowest BCUT2D eigenvalue weighted by Crippen LogP contribution is -2.49. The van der Waals surface area contributed by atoms with E-state index in [0.717, 1.165) is 4.90 Å². The third-order valence-electron chi connectivity index (χ3n) is 1.85. The van der Waals surface area contributed by atoms with E-state index in [9.17, 15) is 9.59 Å². The maximum Gasteiger partial charge on any atom is 0.411 e. The van der Waals surface area contributed by atoms with Crippen molar-refractivity contribution in [2.24, 2.45) is 5.73 Å². The minimum atomic E-state index is -0.804. The number of nitrogens with two attached hydrogens (primary N) is 1. The molecule has 0 aromatic rings. The van der Waals surface area contributed by atoms with Crippen molar-refractivity contribution in [3.05, 3.63) is 0 Å². The van der Waals surface area contributed by atoms with E-state index in [1.165, 1.54) is 6.92 Å². The smallest absolute Gasteiger partial charge is 0.411 e. The van der Waals surface area contributed by atoms with Crippen LogP contribution in [-0.4, -0.2) is 46.8 Å². The van der Waals surface area contributed by atoms with E-state index in [-0.39, 0.29) is 13.2 Å². The number of ether oxygens (including phenoxy) is 1. The zero-order chi connectivity index (χ0) is 12.9. The molecule has 3 N–H and O–H groups in total. The highest BCUT2D eigenvalue weighted by molar-refractivity contribution is 5.83. The molecule has 0 saturated carbocycles. The summed E-state index contributed by atoms with van der Waals surface area (Å²) >= 11 is 0. The van der Waals surface area contributed by atoms with Crippen molar-refractivity contribution in [2.45, 2.75) is 39.3 Å². The van der Waals surface area contributed by atoms with Gasteiger partial charge in [-0.1, -0.05) is 0 Å². The summed E-state index contributed by atoms with van der Waals surface area (Å²) in [6.45, 7) is 6.41. The SMILES string of the molecule is C[C@@H](C(N)=O)N(CCO)C(=O)OC(C)(C)C. The Morgan fingerprint density at radius 2 is 1.94 bits per heavy atom. The second kappa shape index (κ2) is 5.69. The van der Waals surface area contributed by atoms with Gasteiger partial charge in [-0.05, 0) is 27.7 Å². The Hall–Kier alpha value is -1.30. The Morgan fingerprint density at radius 3 is 2.25 bits per heavy atom. The van der Waals surface area contributed by atoms with Gasteiger partial charge in [-0.25, -0.2) is 4.79 Å². The Bertz CT molecular complexity index is 260. The molecule has 1 atom stereocenters. The van der Waals surface area contributed by atoms with Gasteiger partial charge in [-0.15, -0.1) is 0 Å². The van der Waals surface area contributed by atoms with Crippen molar-refractivity contribution in [1.82, 2.24) is 4.90 Å². The second-order valence-corrected chi connectivity index (χ2v) is 4.48. The number of carbonyl (C=O) groups is 2. The van der Waals surface area contributed by atoms with Gasteiger partial charge in [0.25, 0.3) is 0 Å². The summed E-state index contributed by atoms with van der Waals surface area (Å²) in [6.07, 6.45) is -0.659. The lowest BCUT2D eigenvalue weighted by molar-refractivity contribution is -0.122. The lowest BCUT2D eigenvalue weighted by atomic mass is 10.2. The molecule has 0 aliphatic carbocycles. The van der Waals surface area contributed by atoms with Crippen molar-refractivity contribution in [1.29, 1.82) is 0 Å². The maximum atomic E-state index is 11.7. The topological polar surface area (TPSA) is 92.9 Å². The van der Waals surface area contributed by atoms with E-state index < -0.39 is 23.6 Å². The fourth-order valence-corrected chi connectivity index (χ4v) is 1.02. The molecule has 0 aliphatic rings. The van der Waals surface area contributed by atoms with Crippen LogP contribution in [0.25, 0.3) is 0 Å². The third kappa shape index (κ3) is 4.97. The largest absolute Gasteiger partial charge is 0.444 e. The van der Waals surface area contributed by atoms with Gasteiger partial charge in [-0.3, -0.25) is 9.69 Å². The first-order valence-electron chi connectivity index (χ1n) is 5.09. The summed E-state index contributed by atoms with van der Waals surface area (Å²) in [5.74, 6) is -0.640. The summed E-state index contributed by atoms with van der Waals surface area (Å²) in [6, 6.07) is -0.804. The lowest BCUT2D eigenvalue weighted by Gasteiger charge is -2.29. The zero-order valence-electron chi connectivity index (χ0n) is 10.2. The quantitative estimate of drug-likeness (QED) is 0.718. The molecule has 94 valence electrons. The average molecular weight is 232 g/mol. The van der Waals surface area contributed by atoms with Crippen LogP contribution in [0.15, 0.2) is 0 Å². The summed E-state index contributed by atoms with van der Waals surface area (Å²) in [5, 5.41) is 8.81. The molecule has 0 saturated heterocycles. The molecule has 0 radical (unpaired) electrons. The maximum absolute atomic E-state index is 11.7. The fourth-order valence-electron chi connectivity index (χ4n) is 1.02. The first-order chi connectivity index (χ1) is 7.19. The zero-order valence-corrected chi connectivity index (χ0v) is 10.2. The van der Waals surface area contributed by atoms with Gasteiger partial charge in [0.15, 0.2) is 0 Å². The summed E-state index contributed by atoms with van der Waals surface area (Å²) in [4.78, 5) is 23.8. The molecule has 0 heterocycles. The Balaban J connectivity index is 4.65. The molecule has 0 aromatic carbocycles. The van der Waals surface area contributed by atoms with E-state index in [2.05, 4.69) is 0 Å². The highest BCUT2D eigenvalue weighted by atomic mass is 16.6. The number of primary amides is 1. The highest BCUT2D eigenvalue weighted by Crippen LogP contribution is 2.11. The molecular weight excluding hydrogens is 212 g/mol. The van der Waals surface area contributed by atoms with Crippen molar-refractivity contribution in [3.63, 3.8) is 0 Å². The predicted octanol–water partition coefficient (Wildman–Crippen LogP) is 0.0896. The highest BCUT2D eigenvalue weighted by Gasteiger charge is 2.28. The molecule has 0 rings (SSSR count). The third-order valence-corrected chi connectivity index (χ3v) is 1.85. The summed E-state index contributed by atoms with van der Waals surface area (Å²) in [7, 11) is 0. The molecular formula is C10H20N2O4. The minimum Gasteiger partial charge on any atom is -0.444 e. The van der Waals surface area contributed by atoms with Crippen LogP contribution < -0.4 is 5.73 Å². The van der Waals surface area contributed by atoms with E-state index in [1.807, 2.05) is 0 Å². The number of hydrogen-bond donors (Lipinski definition) is 2. The van der Waals surface area contributed by atoms with Crippen LogP contribution in [0.5, 0.6) is 0 Å². The monoisotopic (exact) mass is 232 g/mol. The van der Waals surface area contributed by atoms with Crippen LogP contribution in [0.3, 0.4) is 0 Å². The Kier molecular flexibility index (Phi) is 5.23. The number of aliphatic hydroxyl groups is 1.